The lowest BCUT2D eigenvalue weighted by atomic mass is 10.2. The van der Waals surface area contributed by atoms with E-state index in [4.69, 9.17) is 10.00 Å². The van der Waals surface area contributed by atoms with E-state index in [0.29, 0.717) is 11.4 Å². The molecule has 4 aromatic rings. The number of halogens is 1. The lowest BCUT2D eigenvalue weighted by molar-refractivity contribution is -0.121. The molecule has 0 aliphatic carbocycles. The van der Waals surface area contributed by atoms with Crippen LogP contribution in [0.2, 0.25) is 0 Å². The number of carbonyl (C=O) groups excluding carboxylic acids is 2. The number of rotatable bonds is 8. The summed E-state index contributed by atoms with van der Waals surface area (Å²) < 4.78 is 21.1. The summed E-state index contributed by atoms with van der Waals surface area (Å²) >= 11 is 1.48. The molecule has 7 nitrogen and oxygen atoms in total. The van der Waals surface area contributed by atoms with Gasteiger partial charge in [-0.1, -0.05) is 36.4 Å². The molecule has 0 bridgehead atoms. The van der Waals surface area contributed by atoms with Gasteiger partial charge in [0, 0.05) is 12.6 Å². The number of esters is 1. The number of benzene rings is 2. The second-order valence-corrected chi connectivity index (χ2v) is 8.07. The summed E-state index contributed by atoms with van der Waals surface area (Å²) in [5.74, 6) is -2.00. The van der Waals surface area contributed by atoms with Crippen molar-refractivity contribution in [2.45, 2.75) is 6.42 Å². The molecule has 0 saturated heterocycles. The zero-order valence-electron chi connectivity index (χ0n) is 17.9. The molecule has 4 rings (SSSR count). The number of nitriles is 1. The van der Waals surface area contributed by atoms with Crippen molar-refractivity contribution in [2.75, 3.05) is 18.1 Å². The second kappa shape index (κ2) is 10.6. The molecule has 0 fully saturated rings. The van der Waals surface area contributed by atoms with Crippen LogP contribution in [-0.2, 0) is 9.53 Å². The van der Waals surface area contributed by atoms with Gasteiger partial charge in [0.25, 0.3) is 5.91 Å². The van der Waals surface area contributed by atoms with Gasteiger partial charge in [0.15, 0.2) is 12.3 Å². The van der Waals surface area contributed by atoms with Gasteiger partial charge in [0.2, 0.25) is 0 Å². The fourth-order valence-electron chi connectivity index (χ4n) is 3.33. The molecule has 2 aromatic carbocycles. The first-order valence-corrected chi connectivity index (χ1v) is 11.2. The highest BCUT2D eigenvalue weighted by Crippen LogP contribution is 2.26. The van der Waals surface area contributed by atoms with Crippen LogP contribution in [0.25, 0.3) is 16.3 Å². The zero-order valence-corrected chi connectivity index (χ0v) is 18.7. The van der Waals surface area contributed by atoms with Crippen LogP contribution >= 0.6 is 11.3 Å². The van der Waals surface area contributed by atoms with Crippen LogP contribution in [0.1, 0.15) is 16.9 Å². The van der Waals surface area contributed by atoms with E-state index in [1.165, 1.54) is 34.2 Å². The highest BCUT2D eigenvalue weighted by Gasteiger charge is 2.23. The number of para-hydroxylation sites is 2. The van der Waals surface area contributed by atoms with E-state index in [-0.39, 0.29) is 24.3 Å². The lowest BCUT2D eigenvalue weighted by Gasteiger charge is -2.22. The summed E-state index contributed by atoms with van der Waals surface area (Å²) in [6.07, 6.45) is -0.00102. The van der Waals surface area contributed by atoms with Crippen LogP contribution in [0.5, 0.6) is 0 Å². The highest BCUT2D eigenvalue weighted by atomic mass is 32.1. The molecule has 0 saturated carbocycles. The Balaban J connectivity index is 1.57. The minimum absolute atomic E-state index is 0.00102. The number of nitrogens with zero attached hydrogens (tertiary/aromatic N) is 4. The van der Waals surface area contributed by atoms with E-state index >= 15 is 0 Å². The highest BCUT2D eigenvalue weighted by molar-refractivity contribution is 7.13. The van der Waals surface area contributed by atoms with Gasteiger partial charge in [-0.15, -0.1) is 11.3 Å². The molecule has 9 heteroatoms. The van der Waals surface area contributed by atoms with E-state index in [0.717, 1.165) is 9.78 Å². The molecule has 1 amide bonds. The molecule has 0 unspecified atom stereocenters. The van der Waals surface area contributed by atoms with Crippen molar-refractivity contribution in [1.82, 2.24) is 9.78 Å². The van der Waals surface area contributed by atoms with Gasteiger partial charge in [-0.25, -0.2) is 13.9 Å². The molecule has 170 valence electrons. The monoisotopic (exact) mass is 474 g/mol. The minimum Gasteiger partial charge on any atom is -0.451 e. The Kier molecular flexibility index (Phi) is 7.10. The first-order valence-electron chi connectivity index (χ1n) is 10.4. The summed E-state index contributed by atoms with van der Waals surface area (Å²) in [5.41, 5.74) is 1.43. The van der Waals surface area contributed by atoms with Gasteiger partial charge in [0.05, 0.1) is 28.7 Å². The normalized spacial score (nSPS) is 10.5. The Morgan fingerprint density at radius 1 is 1.09 bits per heavy atom. The van der Waals surface area contributed by atoms with E-state index in [9.17, 15) is 14.0 Å². The van der Waals surface area contributed by atoms with Crippen LogP contribution in [0.3, 0.4) is 0 Å². The molecule has 0 radical (unpaired) electrons. The van der Waals surface area contributed by atoms with Gasteiger partial charge in [-0.05, 0) is 35.7 Å². The van der Waals surface area contributed by atoms with Crippen molar-refractivity contribution in [2.24, 2.45) is 0 Å². The zero-order chi connectivity index (χ0) is 23.9. The third-order valence-corrected chi connectivity index (χ3v) is 5.80. The van der Waals surface area contributed by atoms with Crippen LogP contribution < -0.4 is 4.90 Å². The van der Waals surface area contributed by atoms with Crippen molar-refractivity contribution in [1.29, 1.82) is 5.26 Å². The fourth-order valence-corrected chi connectivity index (χ4v) is 4.01. The number of ether oxygens (including phenoxy) is 1. The SMILES string of the molecule is N#CCCN(C(=O)COC(=O)c1cc(-c2cccs2)nn1-c1ccccc1)c1ccccc1F. The fraction of sp³-hybridized carbons (Fsp3) is 0.120. The van der Waals surface area contributed by atoms with Crippen molar-refractivity contribution < 1.29 is 18.7 Å². The van der Waals surface area contributed by atoms with Crippen LogP contribution in [0, 0.1) is 17.1 Å². The first kappa shape index (κ1) is 22.9. The van der Waals surface area contributed by atoms with E-state index in [1.54, 1.807) is 24.3 Å². The Bertz CT molecular complexity index is 1330. The number of thiophene rings is 1. The molecule has 2 aromatic heterocycles. The third kappa shape index (κ3) is 5.03. The smallest absolute Gasteiger partial charge is 0.357 e. The predicted molar refractivity (Wildman–Crippen MR) is 126 cm³/mol. The average Bonchev–Trinajstić information content (AvgIpc) is 3.55. The largest absolute Gasteiger partial charge is 0.451 e. The summed E-state index contributed by atoms with van der Waals surface area (Å²) in [7, 11) is 0. The Labute approximate surface area is 199 Å². The van der Waals surface area contributed by atoms with Gasteiger partial charge >= 0.3 is 5.97 Å². The first-order chi connectivity index (χ1) is 16.6. The van der Waals surface area contributed by atoms with E-state index in [2.05, 4.69) is 5.10 Å². The number of aromatic nitrogens is 2. The molecule has 0 aliphatic heterocycles. The van der Waals surface area contributed by atoms with Crippen LogP contribution in [0.4, 0.5) is 10.1 Å². The maximum atomic E-state index is 14.3. The molecule has 0 spiro atoms. The summed E-state index contributed by atoms with van der Waals surface area (Å²) in [6.45, 7) is -0.648. The van der Waals surface area contributed by atoms with Crippen molar-refractivity contribution >= 4 is 28.9 Å². The van der Waals surface area contributed by atoms with Crippen LogP contribution in [-0.4, -0.2) is 34.8 Å². The van der Waals surface area contributed by atoms with Gasteiger partial charge in [-0.2, -0.15) is 10.4 Å². The predicted octanol–water partition coefficient (Wildman–Crippen LogP) is 4.84. The maximum Gasteiger partial charge on any atom is 0.357 e. The quantitative estimate of drug-likeness (QED) is 0.341. The standard InChI is InChI=1S/C25H19FN4O3S/c26-19-10-4-5-11-21(19)29(14-7-13-27)24(31)17-33-25(32)22-16-20(23-12-6-15-34-23)28-30(22)18-8-2-1-3-9-18/h1-6,8-12,15-16H,7,14,17H2. The van der Waals surface area contributed by atoms with Crippen molar-refractivity contribution in [3.8, 4) is 22.3 Å². The van der Waals surface area contributed by atoms with Gasteiger partial charge in [-0.3, -0.25) is 4.79 Å². The topological polar surface area (TPSA) is 88.2 Å². The summed E-state index contributed by atoms with van der Waals surface area (Å²) in [5, 5.41) is 15.4. The Hall–Kier alpha value is -4.29. The maximum absolute atomic E-state index is 14.3. The second-order valence-electron chi connectivity index (χ2n) is 7.12. The van der Waals surface area contributed by atoms with Gasteiger partial charge in [0.1, 0.15) is 11.5 Å². The Morgan fingerprint density at radius 2 is 1.85 bits per heavy atom. The third-order valence-electron chi connectivity index (χ3n) is 4.91. The minimum atomic E-state index is -0.749. The van der Waals surface area contributed by atoms with Crippen molar-refractivity contribution in [3.05, 3.63) is 89.7 Å². The number of hydrogen-bond acceptors (Lipinski definition) is 6. The lowest BCUT2D eigenvalue weighted by Crippen LogP contribution is -2.36. The van der Waals surface area contributed by atoms with Gasteiger partial charge < -0.3 is 9.64 Å². The molecular weight excluding hydrogens is 455 g/mol. The molecule has 0 atom stereocenters. The molecule has 0 aliphatic rings. The Morgan fingerprint density at radius 3 is 2.56 bits per heavy atom. The number of amides is 1. The number of anilines is 1. The molecule has 34 heavy (non-hydrogen) atoms. The summed E-state index contributed by atoms with van der Waals surface area (Å²) in [6, 6.07) is 22.2. The van der Waals surface area contributed by atoms with E-state index in [1.807, 2.05) is 41.8 Å². The number of carbonyl (C=O) groups is 2. The van der Waals surface area contributed by atoms with E-state index < -0.39 is 24.3 Å². The molecular formula is C25H19FN4O3S. The van der Waals surface area contributed by atoms with Crippen molar-refractivity contribution in [3.63, 3.8) is 0 Å². The van der Waals surface area contributed by atoms with Crippen LogP contribution in [0.15, 0.2) is 78.2 Å². The molecule has 2 heterocycles. The molecule has 0 N–H and O–H groups in total. The summed E-state index contributed by atoms with van der Waals surface area (Å²) in [4.78, 5) is 27.8. The number of hydrogen-bond donors (Lipinski definition) is 0. The average molecular weight is 475 g/mol.